The number of piperidine rings is 1. The van der Waals surface area contributed by atoms with Crippen molar-refractivity contribution < 1.29 is 19.1 Å². The Morgan fingerprint density at radius 3 is 2.44 bits per heavy atom. The molecule has 36 heavy (non-hydrogen) atoms. The van der Waals surface area contributed by atoms with E-state index in [1.807, 2.05) is 30.3 Å². The van der Waals surface area contributed by atoms with Gasteiger partial charge >= 0.3 is 6.03 Å². The van der Waals surface area contributed by atoms with Crippen molar-refractivity contribution in [2.75, 3.05) is 34.4 Å². The summed E-state index contributed by atoms with van der Waals surface area (Å²) in [4.78, 5) is 29.7. The Hall–Kier alpha value is -3.58. The van der Waals surface area contributed by atoms with E-state index in [0.717, 1.165) is 49.5 Å². The van der Waals surface area contributed by atoms with Crippen molar-refractivity contribution in [2.45, 2.75) is 31.3 Å². The fraction of sp³-hybridized carbons (Fsp3) is 0.379. The normalized spacial score (nSPS) is 21.1. The minimum atomic E-state index is -0.943. The number of hydrogen-bond acceptors (Lipinski definition) is 5. The summed E-state index contributed by atoms with van der Waals surface area (Å²) in [6, 6.07) is 19.9. The zero-order valence-electron chi connectivity index (χ0n) is 21.1. The van der Waals surface area contributed by atoms with Gasteiger partial charge in [-0.15, -0.1) is 0 Å². The van der Waals surface area contributed by atoms with Crippen molar-refractivity contribution in [3.63, 3.8) is 0 Å². The van der Waals surface area contributed by atoms with Crippen LogP contribution in [0.15, 0.2) is 60.7 Å². The largest absolute Gasteiger partial charge is 0.497 e. The second-order valence-electron chi connectivity index (χ2n) is 9.81. The summed E-state index contributed by atoms with van der Waals surface area (Å²) in [5.74, 6) is 1.53. The molecule has 0 radical (unpaired) electrons. The number of likely N-dealkylation sites (N-methyl/N-ethyl adjacent to an activating group) is 1. The number of fused-ring (bicyclic) bond motifs is 1. The maximum absolute atomic E-state index is 13.5. The Morgan fingerprint density at radius 2 is 1.75 bits per heavy atom. The molecule has 2 saturated heterocycles. The predicted octanol–water partition coefficient (Wildman–Crippen LogP) is 4.23. The number of ether oxygens (including phenoxy) is 2. The van der Waals surface area contributed by atoms with Gasteiger partial charge in [0.2, 0.25) is 0 Å². The van der Waals surface area contributed by atoms with E-state index in [4.69, 9.17) is 9.47 Å². The van der Waals surface area contributed by atoms with E-state index in [2.05, 4.69) is 40.5 Å². The van der Waals surface area contributed by atoms with Gasteiger partial charge in [-0.3, -0.25) is 14.6 Å². The van der Waals surface area contributed by atoms with Gasteiger partial charge in [-0.05, 0) is 66.4 Å². The third kappa shape index (κ3) is 4.28. The molecule has 2 aliphatic heterocycles. The number of rotatable bonds is 7. The highest BCUT2D eigenvalue weighted by Gasteiger charge is 2.54. The average Bonchev–Trinajstić information content (AvgIpc) is 3.13. The number of urea groups is 1. The monoisotopic (exact) mass is 487 g/mol. The van der Waals surface area contributed by atoms with Crippen molar-refractivity contribution in [1.82, 2.24) is 15.1 Å². The lowest BCUT2D eigenvalue weighted by atomic mass is 9.74. The smallest absolute Gasteiger partial charge is 0.324 e. The van der Waals surface area contributed by atoms with Crippen LogP contribution < -0.4 is 14.8 Å². The Kier molecular flexibility index (Phi) is 6.58. The van der Waals surface area contributed by atoms with Crippen molar-refractivity contribution in [1.29, 1.82) is 0 Å². The van der Waals surface area contributed by atoms with Gasteiger partial charge in [-0.1, -0.05) is 42.5 Å². The number of imide groups is 1. The van der Waals surface area contributed by atoms with Crippen LogP contribution in [0.3, 0.4) is 0 Å². The number of nitrogens with zero attached hydrogens (tertiary/aromatic N) is 2. The summed E-state index contributed by atoms with van der Waals surface area (Å²) in [6.45, 7) is 2.45. The molecule has 0 aromatic heterocycles. The minimum Gasteiger partial charge on any atom is -0.497 e. The van der Waals surface area contributed by atoms with Crippen LogP contribution in [0.1, 0.15) is 24.0 Å². The van der Waals surface area contributed by atoms with Crippen LogP contribution in [0.25, 0.3) is 10.8 Å². The van der Waals surface area contributed by atoms with Crippen LogP contribution in [-0.4, -0.2) is 61.6 Å². The number of nitrogens with one attached hydrogen (secondary N) is 1. The van der Waals surface area contributed by atoms with E-state index >= 15 is 0 Å². The minimum absolute atomic E-state index is 0.0377. The Bertz CT molecular complexity index is 1280. The van der Waals surface area contributed by atoms with Crippen molar-refractivity contribution in [3.8, 4) is 11.5 Å². The first-order valence-electron chi connectivity index (χ1n) is 12.5. The number of carbonyl (C=O) groups is 2. The number of amides is 3. The first-order chi connectivity index (χ1) is 17.4. The first-order valence-corrected chi connectivity index (χ1v) is 12.5. The van der Waals surface area contributed by atoms with Crippen LogP contribution in [0, 0.1) is 5.92 Å². The van der Waals surface area contributed by atoms with E-state index in [-0.39, 0.29) is 17.9 Å². The van der Waals surface area contributed by atoms with Crippen molar-refractivity contribution in [2.24, 2.45) is 5.92 Å². The van der Waals surface area contributed by atoms with Gasteiger partial charge in [-0.2, -0.15) is 0 Å². The lowest BCUT2D eigenvalue weighted by molar-refractivity contribution is -0.133. The van der Waals surface area contributed by atoms with Gasteiger partial charge in [0.05, 0.1) is 14.2 Å². The molecule has 0 spiro atoms. The fourth-order valence-electron chi connectivity index (χ4n) is 5.84. The molecule has 5 rings (SSSR count). The van der Waals surface area contributed by atoms with Gasteiger partial charge in [0.15, 0.2) is 0 Å². The molecule has 3 aromatic rings. The molecule has 0 unspecified atom stereocenters. The van der Waals surface area contributed by atoms with E-state index in [1.54, 1.807) is 21.3 Å². The van der Waals surface area contributed by atoms with Gasteiger partial charge < -0.3 is 14.8 Å². The summed E-state index contributed by atoms with van der Waals surface area (Å²) < 4.78 is 11.1. The molecule has 7 nitrogen and oxygen atoms in total. The van der Waals surface area contributed by atoms with Gasteiger partial charge in [0, 0.05) is 25.6 Å². The van der Waals surface area contributed by atoms with Crippen LogP contribution in [-0.2, 0) is 17.8 Å². The Morgan fingerprint density at radius 1 is 0.972 bits per heavy atom. The summed E-state index contributed by atoms with van der Waals surface area (Å²) >= 11 is 0. The second kappa shape index (κ2) is 9.82. The highest BCUT2D eigenvalue weighted by molar-refractivity contribution is 6.07. The quantitative estimate of drug-likeness (QED) is 0.505. The van der Waals surface area contributed by atoms with Gasteiger partial charge in [0.25, 0.3) is 5.91 Å². The van der Waals surface area contributed by atoms with Crippen LogP contribution >= 0.6 is 0 Å². The number of likely N-dealkylation sites (tertiary alicyclic amines) is 1. The number of hydrogen-bond donors (Lipinski definition) is 1. The number of benzene rings is 3. The van der Waals surface area contributed by atoms with Crippen molar-refractivity contribution in [3.05, 3.63) is 71.8 Å². The van der Waals surface area contributed by atoms with E-state index in [1.165, 1.54) is 21.2 Å². The average molecular weight is 488 g/mol. The predicted molar refractivity (Wildman–Crippen MR) is 139 cm³/mol. The van der Waals surface area contributed by atoms with Crippen LogP contribution in [0.4, 0.5) is 4.79 Å². The molecule has 2 heterocycles. The Balaban J connectivity index is 1.37. The van der Waals surface area contributed by atoms with Crippen LogP contribution in [0.5, 0.6) is 11.5 Å². The molecule has 188 valence electrons. The maximum Gasteiger partial charge on any atom is 0.324 e. The summed E-state index contributed by atoms with van der Waals surface area (Å²) in [7, 11) is 4.91. The molecule has 2 aliphatic rings. The zero-order valence-corrected chi connectivity index (χ0v) is 21.1. The molecule has 1 atom stereocenters. The fourth-order valence-corrected chi connectivity index (χ4v) is 5.84. The maximum atomic E-state index is 13.5. The van der Waals surface area contributed by atoms with Crippen LogP contribution in [0.2, 0.25) is 0 Å². The summed E-state index contributed by atoms with van der Waals surface area (Å²) in [6.07, 6.45) is 2.08. The highest BCUT2D eigenvalue weighted by Crippen LogP contribution is 2.38. The molecule has 3 amide bonds. The molecule has 3 aromatic carbocycles. The first kappa shape index (κ1) is 24.1. The van der Waals surface area contributed by atoms with E-state index in [0.29, 0.717) is 6.42 Å². The summed E-state index contributed by atoms with van der Waals surface area (Å²) in [5, 5.41) is 5.49. The molecular formula is C29H33N3O4. The molecule has 0 saturated carbocycles. The third-order valence-corrected chi connectivity index (χ3v) is 7.82. The highest BCUT2D eigenvalue weighted by atomic mass is 16.5. The molecule has 1 N–H and O–H groups in total. The van der Waals surface area contributed by atoms with Crippen molar-refractivity contribution >= 4 is 22.7 Å². The molecule has 2 fully saturated rings. The molecular weight excluding hydrogens is 454 g/mol. The SMILES string of the molecule is COc1cccc(C[C@@]2(C3CCN(Cc4c(OC)ccc5ccccc45)CC3)NC(=O)N(C)C2=O)c1. The second-order valence-corrected chi connectivity index (χ2v) is 9.81. The third-order valence-electron chi connectivity index (χ3n) is 7.82. The van der Waals surface area contributed by atoms with E-state index < -0.39 is 5.54 Å². The lowest BCUT2D eigenvalue weighted by Gasteiger charge is -2.41. The summed E-state index contributed by atoms with van der Waals surface area (Å²) in [5.41, 5.74) is 1.22. The Labute approximate surface area is 212 Å². The molecule has 0 bridgehead atoms. The molecule has 0 aliphatic carbocycles. The topological polar surface area (TPSA) is 71.1 Å². The lowest BCUT2D eigenvalue weighted by Crippen LogP contribution is -2.57. The molecule has 7 heteroatoms. The zero-order chi connectivity index (χ0) is 25.3. The number of carbonyl (C=O) groups excluding carboxylic acids is 2. The van der Waals surface area contributed by atoms with Gasteiger partial charge in [-0.25, -0.2) is 4.79 Å². The van der Waals surface area contributed by atoms with Gasteiger partial charge in [0.1, 0.15) is 17.0 Å². The standard InChI is InChI=1S/C29H33N3O4/c1-31-27(33)29(30-28(31)34,18-20-7-6-9-23(17-20)35-2)22-13-15-32(16-14-22)19-25-24-10-5-4-8-21(24)11-12-26(25)36-3/h4-12,17,22H,13-16,18-19H2,1-3H3,(H,30,34)/t29-/m0/s1. The van der Waals surface area contributed by atoms with E-state index in [9.17, 15) is 9.59 Å². The number of methoxy groups -OCH3 is 2.